The maximum atomic E-state index is 13.4. The molecule has 1 aromatic carbocycles. The van der Waals surface area contributed by atoms with E-state index in [1.807, 2.05) is 44.3 Å². The van der Waals surface area contributed by atoms with Crippen LogP contribution in [-0.4, -0.2) is 62.9 Å². The standard InChI is InChI=1S/C32H42N4O6S/c1-18(2)27(36(5)29(38)15-21-6-7-21)16-28(42-20(4)37)31-35-26(17-43-31)30(39)34-24(12-19(3)32(40)41)14-22-8-9-25-23(13-22)10-11-33-25/h8-11,13,17-19,21,24,27-28,33H,6-7,12,14-16H2,1-5H3,(H,34,39)(H,40,41). The van der Waals surface area contributed by atoms with Crippen molar-refractivity contribution < 1.29 is 29.0 Å². The van der Waals surface area contributed by atoms with Gasteiger partial charge in [-0.15, -0.1) is 11.3 Å². The number of rotatable bonds is 15. The van der Waals surface area contributed by atoms with Crippen molar-refractivity contribution in [3.8, 4) is 0 Å². The number of hydrogen-bond acceptors (Lipinski definition) is 7. The van der Waals surface area contributed by atoms with Crippen molar-refractivity contribution in [2.24, 2.45) is 17.8 Å². The zero-order valence-corrected chi connectivity index (χ0v) is 26.3. The first-order chi connectivity index (χ1) is 20.4. The maximum Gasteiger partial charge on any atom is 0.306 e. The number of ether oxygens (including phenoxy) is 1. The molecule has 1 aliphatic carbocycles. The van der Waals surface area contributed by atoms with Crippen LogP contribution in [0.15, 0.2) is 35.8 Å². The highest BCUT2D eigenvalue weighted by molar-refractivity contribution is 7.09. The van der Waals surface area contributed by atoms with E-state index >= 15 is 0 Å². The molecular formula is C32H42N4O6S. The number of fused-ring (bicyclic) bond motifs is 1. The molecule has 11 heteroatoms. The molecule has 1 aliphatic rings. The summed E-state index contributed by atoms with van der Waals surface area (Å²) in [5, 5.41) is 15.7. The number of carboxylic acids is 1. The van der Waals surface area contributed by atoms with Crippen molar-refractivity contribution >= 4 is 46.0 Å². The summed E-state index contributed by atoms with van der Waals surface area (Å²) in [5.41, 5.74) is 2.15. The molecule has 0 spiro atoms. The number of carbonyl (C=O) groups is 4. The number of benzene rings is 1. The molecule has 1 saturated carbocycles. The van der Waals surface area contributed by atoms with Crippen molar-refractivity contribution in [3.05, 3.63) is 52.1 Å². The van der Waals surface area contributed by atoms with Gasteiger partial charge in [0.05, 0.1) is 5.92 Å². The molecule has 0 aliphatic heterocycles. The fraction of sp³-hybridized carbons (Fsp3) is 0.531. The minimum absolute atomic E-state index is 0.0827. The Hall–Kier alpha value is -3.73. The molecular weight excluding hydrogens is 568 g/mol. The van der Waals surface area contributed by atoms with Gasteiger partial charge in [0.1, 0.15) is 10.7 Å². The van der Waals surface area contributed by atoms with Crippen LogP contribution in [0, 0.1) is 17.8 Å². The molecule has 10 nitrogen and oxygen atoms in total. The number of aromatic amines is 1. The van der Waals surface area contributed by atoms with Crippen molar-refractivity contribution in [2.45, 2.75) is 84.4 Å². The Morgan fingerprint density at radius 2 is 1.91 bits per heavy atom. The summed E-state index contributed by atoms with van der Waals surface area (Å²) in [7, 11) is 1.80. The second-order valence-electron chi connectivity index (χ2n) is 12.1. The third-order valence-electron chi connectivity index (χ3n) is 8.11. The number of carboxylic acid groups (broad SMARTS) is 1. The van der Waals surface area contributed by atoms with Gasteiger partial charge in [0.2, 0.25) is 5.91 Å². The van der Waals surface area contributed by atoms with E-state index in [2.05, 4.69) is 15.3 Å². The topological polar surface area (TPSA) is 142 Å². The van der Waals surface area contributed by atoms with Gasteiger partial charge in [0.25, 0.3) is 5.91 Å². The van der Waals surface area contributed by atoms with E-state index in [4.69, 9.17) is 4.74 Å². The predicted octanol–water partition coefficient (Wildman–Crippen LogP) is 5.35. The molecule has 2 aromatic heterocycles. The number of thiazole rings is 1. The highest BCUT2D eigenvalue weighted by atomic mass is 32.1. The molecule has 3 N–H and O–H groups in total. The summed E-state index contributed by atoms with van der Waals surface area (Å²) in [6.07, 6.45) is 4.90. The van der Waals surface area contributed by atoms with E-state index in [1.165, 1.54) is 18.3 Å². The number of amides is 2. The molecule has 2 amide bonds. The molecule has 232 valence electrons. The molecule has 0 bridgehead atoms. The average Bonchev–Trinajstić information content (AvgIpc) is 3.41. The summed E-state index contributed by atoms with van der Waals surface area (Å²) < 4.78 is 5.67. The Morgan fingerprint density at radius 3 is 2.56 bits per heavy atom. The molecule has 2 heterocycles. The van der Waals surface area contributed by atoms with Crippen LogP contribution >= 0.6 is 11.3 Å². The average molecular weight is 611 g/mol. The Bertz CT molecular complexity index is 1440. The summed E-state index contributed by atoms with van der Waals surface area (Å²) >= 11 is 1.22. The number of aliphatic carboxylic acids is 1. The fourth-order valence-corrected chi connectivity index (χ4v) is 6.27. The predicted molar refractivity (Wildman–Crippen MR) is 165 cm³/mol. The zero-order chi connectivity index (χ0) is 31.3. The number of nitrogens with zero attached hydrogens (tertiary/aromatic N) is 2. The second-order valence-corrected chi connectivity index (χ2v) is 13.0. The van der Waals surface area contributed by atoms with Crippen molar-refractivity contribution in [1.29, 1.82) is 0 Å². The maximum absolute atomic E-state index is 13.4. The van der Waals surface area contributed by atoms with Gasteiger partial charge in [-0.3, -0.25) is 19.2 Å². The van der Waals surface area contributed by atoms with Gasteiger partial charge in [-0.1, -0.05) is 26.8 Å². The minimum Gasteiger partial charge on any atom is -0.481 e. The lowest BCUT2D eigenvalue weighted by atomic mass is 9.95. The fourth-order valence-electron chi connectivity index (χ4n) is 5.43. The Labute approximate surface area is 256 Å². The lowest BCUT2D eigenvalue weighted by Gasteiger charge is -2.33. The number of carbonyl (C=O) groups excluding carboxylic acids is 3. The van der Waals surface area contributed by atoms with E-state index < -0.39 is 35.9 Å². The highest BCUT2D eigenvalue weighted by Gasteiger charge is 2.33. The highest BCUT2D eigenvalue weighted by Crippen LogP contribution is 2.35. The summed E-state index contributed by atoms with van der Waals surface area (Å²) in [6, 6.07) is 7.29. The van der Waals surface area contributed by atoms with Crippen LogP contribution in [0.2, 0.25) is 0 Å². The molecule has 43 heavy (non-hydrogen) atoms. The van der Waals surface area contributed by atoms with E-state index in [0.717, 1.165) is 29.3 Å². The Morgan fingerprint density at radius 1 is 1.16 bits per heavy atom. The molecule has 3 aromatic rings. The second kappa shape index (κ2) is 14.2. The monoisotopic (exact) mass is 610 g/mol. The van der Waals surface area contributed by atoms with Gasteiger partial charge in [-0.25, -0.2) is 4.98 Å². The van der Waals surface area contributed by atoms with Gasteiger partial charge in [-0.05, 0) is 66.7 Å². The summed E-state index contributed by atoms with van der Waals surface area (Å²) in [4.78, 5) is 59.4. The number of esters is 1. The quantitative estimate of drug-likeness (QED) is 0.197. The van der Waals surface area contributed by atoms with Crippen molar-refractivity contribution in [3.63, 3.8) is 0 Å². The number of nitrogens with one attached hydrogen (secondary N) is 2. The van der Waals surface area contributed by atoms with Crippen molar-refractivity contribution in [1.82, 2.24) is 20.2 Å². The third-order valence-corrected chi connectivity index (χ3v) is 9.05. The van der Waals surface area contributed by atoms with Gasteiger partial charge in [0.15, 0.2) is 6.10 Å². The van der Waals surface area contributed by atoms with Crippen molar-refractivity contribution in [2.75, 3.05) is 7.05 Å². The normalized spacial score (nSPS) is 16.0. The van der Waals surface area contributed by atoms with Crippen LogP contribution in [0.3, 0.4) is 0 Å². The van der Waals surface area contributed by atoms with Crippen LogP contribution < -0.4 is 5.32 Å². The largest absolute Gasteiger partial charge is 0.481 e. The SMILES string of the molecule is CC(=O)OC(CC(C(C)C)N(C)C(=O)CC1CC1)c1nc(C(=O)NC(Cc2ccc3[nH]ccc3c2)CC(C)C(=O)O)cs1. The molecule has 0 radical (unpaired) electrons. The van der Waals surface area contributed by atoms with Crippen LogP contribution in [0.25, 0.3) is 10.9 Å². The van der Waals surface area contributed by atoms with E-state index in [1.54, 1.807) is 24.3 Å². The van der Waals surface area contributed by atoms with Crippen LogP contribution in [0.4, 0.5) is 0 Å². The molecule has 1 fully saturated rings. The lowest BCUT2D eigenvalue weighted by molar-refractivity contribution is -0.148. The van der Waals surface area contributed by atoms with Crippen LogP contribution in [0.5, 0.6) is 0 Å². The van der Waals surface area contributed by atoms with Gasteiger partial charge >= 0.3 is 11.9 Å². The molecule has 0 saturated heterocycles. The smallest absolute Gasteiger partial charge is 0.306 e. The zero-order valence-electron chi connectivity index (χ0n) is 25.5. The number of H-pyrrole nitrogens is 1. The first kappa shape index (κ1) is 32.2. The van der Waals surface area contributed by atoms with Gasteiger partial charge in [-0.2, -0.15) is 0 Å². The summed E-state index contributed by atoms with van der Waals surface area (Å²) in [6.45, 7) is 7.02. The first-order valence-electron chi connectivity index (χ1n) is 14.9. The third kappa shape index (κ3) is 8.89. The molecule has 4 atom stereocenters. The van der Waals surface area contributed by atoms with E-state index in [9.17, 15) is 24.3 Å². The molecule has 4 rings (SSSR count). The first-order valence-corrected chi connectivity index (χ1v) is 15.8. The Balaban J connectivity index is 1.49. The molecule has 4 unspecified atom stereocenters. The minimum atomic E-state index is -0.930. The van der Waals surface area contributed by atoms with E-state index in [-0.39, 0.29) is 30.0 Å². The Kier molecular flexibility index (Phi) is 10.6. The van der Waals surface area contributed by atoms with Gasteiger partial charge < -0.3 is 25.0 Å². The van der Waals surface area contributed by atoms with Gasteiger partial charge in [0, 0.05) is 56.0 Å². The lowest BCUT2D eigenvalue weighted by Crippen LogP contribution is -2.42. The van der Waals surface area contributed by atoms with E-state index in [0.29, 0.717) is 30.2 Å². The summed E-state index contributed by atoms with van der Waals surface area (Å²) in [5.74, 6) is -1.83. The van der Waals surface area contributed by atoms with Crippen LogP contribution in [0.1, 0.15) is 87.0 Å². The number of aromatic nitrogens is 2. The van der Waals surface area contributed by atoms with Crippen LogP contribution in [-0.2, 0) is 25.5 Å². The number of hydrogen-bond donors (Lipinski definition) is 3.